The first-order valence-corrected chi connectivity index (χ1v) is 6.55. The molecule has 0 amide bonds. The van der Waals surface area contributed by atoms with Crippen molar-refractivity contribution in [1.29, 1.82) is 0 Å². The van der Waals surface area contributed by atoms with Crippen molar-refractivity contribution in [2.45, 2.75) is 51.0 Å². The molecule has 0 aliphatic heterocycles. The molecule has 1 heterocycles. The van der Waals surface area contributed by atoms with Gasteiger partial charge in [0.15, 0.2) is 0 Å². The number of pyridine rings is 1. The van der Waals surface area contributed by atoms with Crippen LogP contribution in [0, 0.1) is 0 Å². The summed E-state index contributed by atoms with van der Waals surface area (Å²) in [4.78, 5) is 4.17. The minimum absolute atomic E-state index is 0.684. The number of rotatable bonds is 4. The quantitative estimate of drug-likeness (QED) is 0.872. The Morgan fingerprint density at radius 1 is 1.29 bits per heavy atom. The van der Waals surface area contributed by atoms with Gasteiger partial charge in [0.05, 0.1) is 18.4 Å². The van der Waals surface area contributed by atoms with Crippen LogP contribution < -0.4 is 4.74 Å². The summed E-state index contributed by atoms with van der Waals surface area (Å²) in [6.07, 6.45) is 9.55. The third-order valence-corrected chi connectivity index (χ3v) is 3.40. The second kappa shape index (κ2) is 5.50. The summed E-state index contributed by atoms with van der Waals surface area (Å²) in [6.45, 7) is 2.77. The molecule has 3 nitrogen and oxygen atoms in total. The van der Waals surface area contributed by atoms with Crippen molar-refractivity contribution in [2.75, 3.05) is 6.61 Å². The van der Waals surface area contributed by atoms with Gasteiger partial charge in [-0.2, -0.15) is 0 Å². The first-order chi connectivity index (χ1) is 8.24. The van der Waals surface area contributed by atoms with E-state index in [1.807, 2.05) is 6.07 Å². The zero-order chi connectivity index (χ0) is 12.1. The maximum Gasteiger partial charge on any atom is 0.137 e. The number of hydrogen-bond donors (Lipinski definition) is 1. The standard InChI is InChI=1S/C14H21NO2/c1-2-8-17-13-9-12(10-15-11-13)14(16)6-4-3-5-7-14/h9-11,16H,2-8H2,1H3. The van der Waals surface area contributed by atoms with Crippen molar-refractivity contribution in [3.05, 3.63) is 24.0 Å². The fourth-order valence-electron chi connectivity index (χ4n) is 2.40. The molecule has 1 aromatic rings. The first-order valence-electron chi connectivity index (χ1n) is 6.55. The molecule has 1 aliphatic carbocycles. The minimum Gasteiger partial charge on any atom is -0.492 e. The summed E-state index contributed by atoms with van der Waals surface area (Å²) in [5.74, 6) is 0.767. The van der Waals surface area contributed by atoms with Gasteiger partial charge in [0.1, 0.15) is 5.75 Å². The summed E-state index contributed by atoms with van der Waals surface area (Å²) in [6, 6.07) is 1.94. The molecular weight excluding hydrogens is 214 g/mol. The number of nitrogens with zero attached hydrogens (tertiary/aromatic N) is 1. The highest BCUT2D eigenvalue weighted by Gasteiger charge is 2.31. The molecule has 0 spiro atoms. The van der Waals surface area contributed by atoms with Crippen molar-refractivity contribution >= 4 is 0 Å². The van der Waals surface area contributed by atoms with Crippen LogP contribution in [0.4, 0.5) is 0 Å². The smallest absolute Gasteiger partial charge is 0.137 e. The van der Waals surface area contributed by atoms with Crippen LogP contribution in [0.2, 0.25) is 0 Å². The zero-order valence-electron chi connectivity index (χ0n) is 10.5. The van der Waals surface area contributed by atoms with Gasteiger partial charge in [0.2, 0.25) is 0 Å². The van der Waals surface area contributed by atoms with E-state index in [9.17, 15) is 5.11 Å². The molecule has 0 radical (unpaired) electrons. The molecule has 94 valence electrons. The lowest BCUT2D eigenvalue weighted by atomic mass is 9.80. The molecule has 1 saturated carbocycles. The average molecular weight is 235 g/mol. The number of hydrogen-bond acceptors (Lipinski definition) is 3. The monoisotopic (exact) mass is 235 g/mol. The molecule has 3 heteroatoms. The Labute approximate surface area is 103 Å². The Hall–Kier alpha value is -1.09. The third-order valence-electron chi connectivity index (χ3n) is 3.40. The largest absolute Gasteiger partial charge is 0.492 e. The Kier molecular flexibility index (Phi) is 4.00. The lowest BCUT2D eigenvalue weighted by Crippen LogP contribution is -2.28. The molecule has 1 aromatic heterocycles. The van der Waals surface area contributed by atoms with Gasteiger partial charge in [-0.3, -0.25) is 4.98 Å². The average Bonchev–Trinajstić information content (AvgIpc) is 2.38. The molecule has 17 heavy (non-hydrogen) atoms. The highest BCUT2D eigenvalue weighted by atomic mass is 16.5. The summed E-state index contributed by atoms with van der Waals surface area (Å²) in [5, 5.41) is 10.6. The Morgan fingerprint density at radius 3 is 2.76 bits per heavy atom. The lowest BCUT2D eigenvalue weighted by molar-refractivity contribution is -0.00115. The zero-order valence-corrected chi connectivity index (χ0v) is 10.5. The lowest BCUT2D eigenvalue weighted by Gasteiger charge is -2.32. The van der Waals surface area contributed by atoms with Crippen LogP contribution in [0.3, 0.4) is 0 Å². The minimum atomic E-state index is -0.684. The van der Waals surface area contributed by atoms with Gasteiger partial charge in [0.25, 0.3) is 0 Å². The van der Waals surface area contributed by atoms with Crippen molar-refractivity contribution in [3.63, 3.8) is 0 Å². The third kappa shape index (κ3) is 2.97. The van der Waals surface area contributed by atoms with Crippen LogP contribution in [0.25, 0.3) is 0 Å². The van der Waals surface area contributed by atoms with Crippen LogP contribution in [-0.2, 0) is 5.60 Å². The predicted octanol–water partition coefficient (Wildman–Crippen LogP) is 3.02. The molecule has 0 aromatic carbocycles. The fourth-order valence-corrected chi connectivity index (χ4v) is 2.40. The van der Waals surface area contributed by atoms with Crippen LogP contribution >= 0.6 is 0 Å². The maximum atomic E-state index is 10.6. The summed E-state index contributed by atoms with van der Waals surface area (Å²) < 4.78 is 5.56. The van der Waals surface area contributed by atoms with E-state index >= 15 is 0 Å². The van der Waals surface area contributed by atoms with E-state index in [1.165, 1.54) is 6.42 Å². The molecule has 1 N–H and O–H groups in total. The molecule has 1 fully saturated rings. The van der Waals surface area contributed by atoms with Crippen LogP contribution in [0.1, 0.15) is 51.0 Å². The first kappa shape index (κ1) is 12.4. The summed E-state index contributed by atoms with van der Waals surface area (Å²) in [5.41, 5.74) is 0.224. The maximum absolute atomic E-state index is 10.6. The second-order valence-electron chi connectivity index (χ2n) is 4.85. The Bertz CT molecular complexity index is 359. The van der Waals surface area contributed by atoms with Gasteiger partial charge in [-0.25, -0.2) is 0 Å². The van der Waals surface area contributed by atoms with Gasteiger partial charge in [-0.1, -0.05) is 26.2 Å². The van der Waals surface area contributed by atoms with Crippen molar-refractivity contribution < 1.29 is 9.84 Å². The highest BCUT2D eigenvalue weighted by molar-refractivity contribution is 5.28. The van der Waals surface area contributed by atoms with Crippen LogP contribution in [-0.4, -0.2) is 16.7 Å². The summed E-state index contributed by atoms with van der Waals surface area (Å²) >= 11 is 0. The van der Waals surface area contributed by atoms with Crippen molar-refractivity contribution in [2.24, 2.45) is 0 Å². The fraction of sp³-hybridized carbons (Fsp3) is 0.643. The molecule has 2 rings (SSSR count). The highest BCUT2D eigenvalue weighted by Crippen LogP contribution is 2.37. The van der Waals surface area contributed by atoms with Crippen LogP contribution in [0.15, 0.2) is 18.5 Å². The number of aromatic nitrogens is 1. The van der Waals surface area contributed by atoms with E-state index in [-0.39, 0.29) is 0 Å². The Morgan fingerprint density at radius 2 is 2.06 bits per heavy atom. The normalized spacial score (nSPS) is 18.9. The van der Waals surface area contributed by atoms with E-state index in [1.54, 1.807) is 12.4 Å². The number of ether oxygens (including phenoxy) is 1. The van der Waals surface area contributed by atoms with E-state index in [2.05, 4.69) is 11.9 Å². The topological polar surface area (TPSA) is 42.4 Å². The van der Waals surface area contributed by atoms with E-state index < -0.39 is 5.60 Å². The van der Waals surface area contributed by atoms with Gasteiger partial charge in [-0.15, -0.1) is 0 Å². The molecule has 0 unspecified atom stereocenters. The molecule has 0 saturated heterocycles. The van der Waals surface area contributed by atoms with Crippen molar-refractivity contribution in [3.8, 4) is 5.75 Å². The van der Waals surface area contributed by atoms with Gasteiger partial charge in [0, 0.05) is 11.8 Å². The molecule has 0 atom stereocenters. The molecular formula is C14H21NO2. The van der Waals surface area contributed by atoms with Gasteiger partial charge < -0.3 is 9.84 Å². The number of aliphatic hydroxyl groups is 1. The molecule has 1 aliphatic rings. The van der Waals surface area contributed by atoms with E-state index in [0.29, 0.717) is 6.61 Å². The second-order valence-corrected chi connectivity index (χ2v) is 4.85. The van der Waals surface area contributed by atoms with Gasteiger partial charge >= 0.3 is 0 Å². The predicted molar refractivity (Wildman–Crippen MR) is 67.0 cm³/mol. The van der Waals surface area contributed by atoms with Gasteiger partial charge in [-0.05, 0) is 25.3 Å². The van der Waals surface area contributed by atoms with Crippen LogP contribution in [0.5, 0.6) is 5.75 Å². The molecule has 0 bridgehead atoms. The van der Waals surface area contributed by atoms with Crippen molar-refractivity contribution in [1.82, 2.24) is 4.98 Å². The van der Waals surface area contributed by atoms with E-state index in [4.69, 9.17) is 4.74 Å². The Balaban J connectivity index is 2.14. The van der Waals surface area contributed by atoms with E-state index in [0.717, 1.165) is 43.4 Å². The summed E-state index contributed by atoms with van der Waals surface area (Å²) in [7, 11) is 0. The SMILES string of the molecule is CCCOc1cncc(C2(O)CCCCC2)c1.